The van der Waals surface area contributed by atoms with Crippen LogP contribution in [-0.2, 0) is 4.74 Å². The fraction of sp³-hybridized carbons (Fsp3) is 0. The predicted octanol–water partition coefficient (Wildman–Crippen LogP) is 5.22. The molecule has 4 heteroatoms. The van der Waals surface area contributed by atoms with Crippen LogP contribution >= 0.6 is 0 Å². The molecule has 1 aliphatic rings. The molecule has 0 saturated carbocycles. The van der Waals surface area contributed by atoms with E-state index in [1.807, 2.05) is 60.7 Å². The maximum Gasteiger partial charge on any atom is 0.344 e. The third kappa shape index (κ3) is 3.35. The third-order valence-corrected chi connectivity index (χ3v) is 4.48. The maximum atomic E-state index is 12.3. The first-order valence-corrected chi connectivity index (χ1v) is 8.74. The Morgan fingerprint density at radius 2 is 1.50 bits per heavy atom. The van der Waals surface area contributed by atoms with Gasteiger partial charge < -0.3 is 9.84 Å². The molecular formula is C24H16O4. The molecule has 0 saturated heterocycles. The van der Waals surface area contributed by atoms with Gasteiger partial charge in [-0.3, -0.25) is 4.79 Å². The Morgan fingerprint density at radius 3 is 2.14 bits per heavy atom. The lowest BCUT2D eigenvalue weighted by Gasteiger charge is -2.07. The van der Waals surface area contributed by atoms with Crippen molar-refractivity contribution in [2.75, 3.05) is 0 Å². The molecule has 0 amide bonds. The van der Waals surface area contributed by atoms with Crippen LogP contribution in [0.2, 0.25) is 0 Å². The first-order chi connectivity index (χ1) is 13.7. The third-order valence-electron chi connectivity index (χ3n) is 4.48. The maximum absolute atomic E-state index is 12.3. The van der Waals surface area contributed by atoms with Gasteiger partial charge in [-0.1, -0.05) is 60.7 Å². The van der Waals surface area contributed by atoms with Gasteiger partial charge in [-0.05, 0) is 35.4 Å². The van der Waals surface area contributed by atoms with Crippen molar-refractivity contribution in [3.05, 3.63) is 106 Å². The Morgan fingerprint density at radius 1 is 0.857 bits per heavy atom. The van der Waals surface area contributed by atoms with Crippen molar-refractivity contribution in [1.82, 2.24) is 0 Å². The van der Waals surface area contributed by atoms with E-state index in [1.165, 1.54) is 6.07 Å². The summed E-state index contributed by atoms with van der Waals surface area (Å²) in [4.78, 5) is 23.8. The first-order valence-electron chi connectivity index (χ1n) is 8.74. The average Bonchev–Trinajstić information content (AvgIpc) is 3.03. The summed E-state index contributed by atoms with van der Waals surface area (Å²) in [6.45, 7) is 0. The van der Waals surface area contributed by atoms with E-state index < -0.39 is 5.97 Å². The summed E-state index contributed by atoms with van der Waals surface area (Å²) in [7, 11) is 0. The zero-order valence-corrected chi connectivity index (χ0v) is 14.8. The minimum Gasteiger partial charge on any atom is -0.507 e. The first kappa shape index (κ1) is 17.5. The molecule has 4 nitrogen and oxygen atoms in total. The normalized spacial score (nSPS) is 14.6. The predicted molar refractivity (Wildman–Crippen MR) is 108 cm³/mol. The number of hydrogen-bond donors (Lipinski definition) is 1. The molecule has 0 bridgehead atoms. The molecule has 1 heterocycles. The Bertz CT molecular complexity index is 1110. The van der Waals surface area contributed by atoms with Gasteiger partial charge in [0.05, 0.1) is 5.56 Å². The van der Waals surface area contributed by atoms with E-state index in [9.17, 15) is 14.7 Å². The van der Waals surface area contributed by atoms with Crippen LogP contribution in [0.25, 0.3) is 23.7 Å². The molecule has 28 heavy (non-hydrogen) atoms. The molecule has 3 aromatic carbocycles. The molecule has 3 aromatic rings. The molecule has 0 atom stereocenters. The summed E-state index contributed by atoms with van der Waals surface area (Å²) in [6, 6.07) is 21.8. The lowest BCUT2D eigenvalue weighted by Crippen LogP contribution is -1.99. The molecule has 1 aliphatic heterocycles. The summed E-state index contributed by atoms with van der Waals surface area (Å²) in [5.74, 6) is -0.190. The Hall–Kier alpha value is -3.92. The summed E-state index contributed by atoms with van der Waals surface area (Å²) in [5.41, 5.74) is 3.09. The molecule has 0 aliphatic carbocycles. The van der Waals surface area contributed by atoms with E-state index in [-0.39, 0.29) is 11.3 Å². The van der Waals surface area contributed by atoms with Gasteiger partial charge in [0.2, 0.25) is 0 Å². The number of carbonyl (C=O) groups is 2. The zero-order valence-electron chi connectivity index (χ0n) is 14.8. The van der Waals surface area contributed by atoms with Gasteiger partial charge in [-0.25, -0.2) is 4.79 Å². The van der Waals surface area contributed by atoms with Crippen LogP contribution < -0.4 is 0 Å². The van der Waals surface area contributed by atoms with E-state index in [1.54, 1.807) is 18.2 Å². The highest BCUT2D eigenvalue weighted by Crippen LogP contribution is 2.35. The number of hydrogen-bond acceptors (Lipinski definition) is 4. The number of aliphatic hydroxyl groups excluding tert-OH is 1. The monoisotopic (exact) mass is 368 g/mol. The van der Waals surface area contributed by atoms with E-state index in [4.69, 9.17) is 4.74 Å². The molecule has 0 aromatic heterocycles. The van der Waals surface area contributed by atoms with Crippen molar-refractivity contribution in [3.8, 4) is 0 Å². The smallest absolute Gasteiger partial charge is 0.344 e. The van der Waals surface area contributed by atoms with Crippen molar-refractivity contribution >= 4 is 35.9 Å². The second kappa shape index (κ2) is 7.37. The molecule has 0 spiro atoms. The van der Waals surface area contributed by atoms with Crippen molar-refractivity contribution in [2.45, 2.75) is 0 Å². The van der Waals surface area contributed by atoms with Crippen molar-refractivity contribution in [1.29, 1.82) is 0 Å². The molecule has 0 unspecified atom stereocenters. The van der Waals surface area contributed by atoms with Gasteiger partial charge in [-0.15, -0.1) is 0 Å². The number of aldehydes is 1. The van der Waals surface area contributed by atoms with Crippen LogP contribution in [0.5, 0.6) is 0 Å². The summed E-state index contributed by atoms with van der Waals surface area (Å²) >= 11 is 0. The number of cyclic esters (lactones) is 1. The molecule has 136 valence electrons. The summed E-state index contributed by atoms with van der Waals surface area (Å²) in [6.07, 6.45) is 3.95. The summed E-state index contributed by atoms with van der Waals surface area (Å²) in [5, 5.41) is 10.6. The van der Waals surface area contributed by atoms with Gasteiger partial charge in [0, 0.05) is 16.7 Å². The number of rotatable bonds is 4. The highest BCUT2D eigenvalue weighted by atomic mass is 16.5. The molecular weight excluding hydrogens is 352 g/mol. The highest BCUT2D eigenvalue weighted by Gasteiger charge is 2.28. The summed E-state index contributed by atoms with van der Waals surface area (Å²) < 4.78 is 5.39. The molecule has 4 rings (SSSR count). The molecule has 1 N–H and O–H groups in total. The van der Waals surface area contributed by atoms with Crippen molar-refractivity contribution in [3.63, 3.8) is 0 Å². The fourth-order valence-electron chi connectivity index (χ4n) is 3.11. The van der Waals surface area contributed by atoms with Crippen LogP contribution in [-0.4, -0.2) is 17.4 Å². The van der Waals surface area contributed by atoms with Crippen LogP contribution in [0.3, 0.4) is 0 Å². The van der Waals surface area contributed by atoms with Gasteiger partial charge in [-0.2, -0.15) is 0 Å². The van der Waals surface area contributed by atoms with Crippen LogP contribution in [0.1, 0.15) is 43.0 Å². The zero-order chi connectivity index (χ0) is 19.5. The minimum atomic E-state index is -0.515. The van der Waals surface area contributed by atoms with Crippen LogP contribution in [0.15, 0.2) is 72.8 Å². The van der Waals surface area contributed by atoms with Crippen LogP contribution in [0, 0.1) is 0 Å². The Balaban J connectivity index is 1.83. The topological polar surface area (TPSA) is 63.6 Å². The number of fused-ring (bicyclic) bond motifs is 1. The Labute approximate surface area is 162 Å². The lowest BCUT2D eigenvalue weighted by molar-refractivity contribution is 0.0717. The van der Waals surface area contributed by atoms with Gasteiger partial charge in [0.15, 0.2) is 6.29 Å². The van der Waals surface area contributed by atoms with Gasteiger partial charge >= 0.3 is 5.97 Å². The largest absolute Gasteiger partial charge is 0.507 e. The number of carbonyl (C=O) groups excluding carboxylic acids is 2. The lowest BCUT2D eigenvalue weighted by atomic mass is 9.96. The van der Waals surface area contributed by atoms with E-state index in [0.29, 0.717) is 28.7 Å². The number of benzene rings is 3. The number of esters is 1. The SMILES string of the molecule is O=Cc1cc2c(cc1/C(O)=C/c1ccccc1)/C(=C/c1ccccc1)OC2=O. The number of ether oxygens (including phenoxy) is 1. The van der Waals surface area contributed by atoms with Crippen molar-refractivity contribution in [2.24, 2.45) is 0 Å². The van der Waals surface area contributed by atoms with E-state index in [0.717, 1.165) is 11.1 Å². The fourth-order valence-corrected chi connectivity index (χ4v) is 3.11. The van der Waals surface area contributed by atoms with Gasteiger partial charge in [0.1, 0.15) is 11.5 Å². The Kier molecular flexibility index (Phi) is 4.60. The van der Waals surface area contributed by atoms with Crippen LogP contribution in [0.4, 0.5) is 0 Å². The molecule has 0 radical (unpaired) electrons. The van der Waals surface area contributed by atoms with E-state index in [2.05, 4.69) is 0 Å². The number of aliphatic hydroxyl groups is 1. The van der Waals surface area contributed by atoms with Gasteiger partial charge in [0.25, 0.3) is 0 Å². The second-order valence-corrected chi connectivity index (χ2v) is 6.35. The van der Waals surface area contributed by atoms with E-state index >= 15 is 0 Å². The average molecular weight is 368 g/mol. The van der Waals surface area contributed by atoms with Crippen molar-refractivity contribution < 1.29 is 19.4 Å². The molecule has 0 fully saturated rings. The highest BCUT2D eigenvalue weighted by molar-refractivity contribution is 6.08. The quantitative estimate of drug-likeness (QED) is 0.297. The minimum absolute atomic E-state index is 0.0606. The standard InChI is InChI=1S/C24H16O4/c25-15-18-13-21-20(14-19(18)22(26)11-16-7-3-1-4-8-16)23(28-24(21)27)12-17-9-5-2-6-10-17/h1-15,26H/b22-11-,23-12-. The second-order valence-electron chi connectivity index (χ2n) is 6.35.